The molecule has 1 heterocycles. The first-order chi connectivity index (χ1) is 6.81. The number of thioether (sulfide) groups is 1. The van der Waals surface area contributed by atoms with E-state index >= 15 is 0 Å². The molecule has 2 rings (SSSR count). The lowest BCUT2D eigenvalue weighted by molar-refractivity contribution is 0.733. The molecule has 1 aliphatic rings. The van der Waals surface area contributed by atoms with Crippen molar-refractivity contribution < 1.29 is 0 Å². The average molecular weight is 228 g/mol. The van der Waals surface area contributed by atoms with Crippen LogP contribution in [0.3, 0.4) is 0 Å². The van der Waals surface area contributed by atoms with Gasteiger partial charge in [-0.05, 0) is 36.6 Å². The highest BCUT2D eigenvalue weighted by Crippen LogP contribution is 2.40. The minimum Gasteiger partial charge on any atom is -0.244 e. The zero-order valence-electron chi connectivity index (χ0n) is 8.24. The summed E-state index contributed by atoms with van der Waals surface area (Å²) >= 11 is 7.75. The second-order valence-corrected chi connectivity index (χ2v) is 5.19. The highest BCUT2D eigenvalue weighted by atomic mass is 35.5. The van der Waals surface area contributed by atoms with Crippen molar-refractivity contribution >= 4 is 23.4 Å². The Labute approximate surface area is 94.3 Å². The third-order valence-electron chi connectivity index (χ3n) is 2.93. The van der Waals surface area contributed by atoms with Gasteiger partial charge in [0.05, 0.1) is 0 Å². The van der Waals surface area contributed by atoms with Crippen LogP contribution in [0.1, 0.15) is 30.7 Å². The van der Waals surface area contributed by atoms with Crippen LogP contribution in [-0.4, -0.2) is 16.5 Å². The molecule has 2 atom stereocenters. The van der Waals surface area contributed by atoms with E-state index in [1.807, 2.05) is 24.0 Å². The molecule has 0 saturated heterocycles. The topological polar surface area (TPSA) is 12.9 Å². The maximum atomic E-state index is 5.77. The lowest BCUT2D eigenvalue weighted by atomic mass is 9.99. The van der Waals surface area contributed by atoms with Gasteiger partial charge in [0.1, 0.15) is 5.15 Å². The number of rotatable bonds is 2. The molecule has 3 heteroatoms. The van der Waals surface area contributed by atoms with Gasteiger partial charge in [-0.15, -0.1) is 0 Å². The Bertz CT molecular complexity index is 299. The molecule has 0 N–H and O–H groups in total. The molecule has 0 aliphatic heterocycles. The van der Waals surface area contributed by atoms with Crippen molar-refractivity contribution in [3.63, 3.8) is 0 Å². The molecule has 0 spiro atoms. The second kappa shape index (κ2) is 4.54. The molecule has 14 heavy (non-hydrogen) atoms. The third kappa shape index (κ3) is 2.06. The van der Waals surface area contributed by atoms with E-state index in [4.69, 9.17) is 11.6 Å². The van der Waals surface area contributed by atoms with Crippen LogP contribution >= 0.6 is 23.4 Å². The second-order valence-electron chi connectivity index (χ2n) is 3.73. The first-order valence-corrected chi connectivity index (χ1v) is 6.62. The minimum absolute atomic E-state index is 0.590. The van der Waals surface area contributed by atoms with Crippen molar-refractivity contribution in [2.24, 2.45) is 0 Å². The average Bonchev–Trinajstić information content (AvgIpc) is 2.67. The standard InChI is InChI=1S/C11H14ClNS/c1-14-10-4-2-3-9(10)8-5-6-11(12)13-7-8/h5-7,9-10H,2-4H2,1H3/t9-,10-/m0/s1. The van der Waals surface area contributed by atoms with E-state index < -0.39 is 0 Å². The first kappa shape index (κ1) is 10.3. The summed E-state index contributed by atoms with van der Waals surface area (Å²) in [4.78, 5) is 4.15. The monoisotopic (exact) mass is 227 g/mol. The van der Waals surface area contributed by atoms with Crippen LogP contribution in [-0.2, 0) is 0 Å². The molecular formula is C11H14ClNS. The number of hydrogen-bond acceptors (Lipinski definition) is 2. The summed E-state index contributed by atoms with van der Waals surface area (Å²) in [5.74, 6) is 0.690. The molecule has 1 saturated carbocycles. The predicted octanol–water partition coefficient (Wildman–Crippen LogP) is 3.73. The predicted molar refractivity (Wildman–Crippen MR) is 63.1 cm³/mol. The molecule has 0 aromatic carbocycles. The Morgan fingerprint density at radius 3 is 2.93 bits per heavy atom. The van der Waals surface area contributed by atoms with Gasteiger partial charge in [0.25, 0.3) is 0 Å². The van der Waals surface area contributed by atoms with Gasteiger partial charge in [-0.1, -0.05) is 24.1 Å². The molecule has 0 amide bonds. The van der Waals surface area contributed by atoms with Crippen molar-refractivity contribution in [3.8, 4) is 0 Å². The molecule has 1 aliphatic carbocycles. The SMILES string of the molecule is CS[C@H]1CCC[C@H]1c1ccc(Cl)nc1. The molecule has 0 radical (unpaired) electrons. The maximum absolute atomic E-state index is 5.77. The van der Waals surface area contributed by atoms with Gasteiger partial charge in [-0.25, -0.2) is 4.98 Å². The lowest BCUT2D eigenvalue weighted by Crippen LogP contribution is -2.07. The molecule has 1 aromatic heterocycles. The van der Waals surface area contributed by atoms with Gasteiger partial charge in [0.15, 0.2) is 0 Å². The molecule has 0 unspecified atom stereocenters. The highest BCUT2D eigenvalue weighted by Gasteiger charge is 2.27. The van der Waals surface area contributed by atoms with Gasteiger partial charge < -0.3 is 0 Å². The van der Waals surface area contributed by atoms with Crippen molar-refractivity contribution in [2.45, 2.75) is 30.4 Å². The van der Waals surface area contributed by atoms with Crippen LogP contribution in [0.15, 0.2) is 18.3 Å². The number of aromatic nitrogens is 1. The Morgan fingerprint density at radius 1 is 1.43 bits per heavy atom. The molecule has 1 nitrogen and oxygen atoms in total. The summed E-state index contributed by atoms with van der Waals surface area (Å²) in [6, 6.07) is 4.02. The van der Waals surface area contributed by atoms with Gasteiger partial charge in [0, 0.05) is 11.4 Å². The van der Waals surface area contributed by atoms with Crippen molar-refractivity contribution in [1.29, 1.82) is 0 Å². The van der Waals surface area contributed by atoms with Crippen LogP contribution in [0.4, 0.5) is 0 Å². The van der Waals surface area contributed by atoms with Crippen LogP contribution < -0.4 is 0 Å². The fourth-order valence-electron chi connectivity index (χ4n) is 2.20. The maximum Gasteiger partial charge on any atom is 0.129 e. The van der Waals surface area contributed by atoms with Crippen LogP contribution in [0, 0.1) is 0 Å². The minimum atomic E-state index is 0.590. The van der Waals surface area contributed by atoms with E-state index in [0.29, 0.717) is 11.1 Å². The Balaban J connectivity index is 2.17. The zero-order chi connectivity index (χ0) is 9.97. The smallest absolute Gasteiger partial charge is 0.129 e. The summed E-state index contributed by atoms with van der Waals surface area (Å²) in [6.45, 7) is 0. The molecule has 0 bridgehead atoms. The van der Waals surface area contributed by atoms with E-state index in [-0.39, 0.29) is 0 Å². The number of hydrogen-bond donors (Lipinski definition) is 0. The summed E-state index contributed by atoms with van der Waals surface area (Å²) < 4.78 is 0. The van der Waals surface area contributed by atoms with Gasteiger partial charge in [0.2, 0.25) is 0 Å². The summed E-state index contributed by atoms with van der Waals surface area (Å²) in [5.41, 5.74) is 1.35. The van der Waals surface area contributed by atoms with Gasteiger partial charge in [-0.2, -0.15) is 11.8 Å². The Hall–Kier alpha value is -0.210. The molecule has 76 valence electrons. The quantitative estimate of drug-likeness (QED) is 0.714. The highest BCUT2D eigenvalue weighted by molar-refractivity contribution is 7.99. The van der Waals surface area contributed by atoms with E-state index in [2.05, 4.69) is 17.3 Å². The Kier molecular flexibility index (Phi) is 3.34. The third-order valence-corrected chi connectivity index (χ3v) is 4.33. The van der Waals surface area contributed by atoms with Crippen molar-refractivity contribution in [3.05, 3.63) is 29.0 Å². The van der Waals surface area contributed by atoms with Gasteiger partial charge in [-0.3, -0.25) is 0 Å². The van der Waals surface area contributed by atoms with E-state index in [1.54, 1.807) is 0 Å². The molecule has 1 aromatic rings. The normalized spacial score (nSPS) is 26.7. The fraction of sp³-hybridized carbons (Fsp3) is 0.545. The summed E-state index contributed by atoms with van der Waals surface area (Å²) in [7, 11) is 0. The van der Waals surface area contributed by atoms with E-state index in [9.17, 15) is 0 Å². The van der Waals surface area contributed by atoms with Crippen molar-refractivity contribution in [1.82, 2.24) is 4.98 Å². The van der Waals surface area contributed by atoms with Crippen LogP contribution in [0.5, 0.6) is 0 Å². The first-order valence-electron chi connectivity index (χ1n) is 4.95. The number of nitrogens with zero attached hydrogens (tertiary/aromatic N) is 1. The molecule has 1 fully saturated rings. The Morgan fingerprint density at radius 2 is 2.29 bits per heavy atom. The lowest BCUT2D eigenvalue weighted by Gasteiger charge is -2.17. The van der Waals surface area contributed by atoms with Gasteiger partial charge >= 0.3 is 0 Å². The van der Waals surface area contributed by atoms with Crippen LogP contribution in [0.2, 0.25) is 5.15 Å². The largest absolute Gasteiger partial charge is 0.244 e. The van der Waals surface area contributed by atoms with Crippen molar-refractivity contribution in [2.75, 3.05) is 6.26 Å². The van der Waals surface area contributed by atoms with Crippen LogP contribution in [0.25, 0.3) is 0 Å². The zero-order valence-corrected chi connectivity index (χ0v) is 9.81. The number of halogens is 1. The molecular weight excluding hydrogens is 214 g/mol. The summed E-state index contributed by atoms with van der Waals surface area (Å²) in [5, 5.41) is 1.37. The van der Waals surface area contributed by atoms with E-state index in [0.717, 1.165) is 5.25 Å². The number of pyridine rings is 1. The fourth-order valence-corrected chi connectivity index (χ4v) is 3.33. The summed E-state index contributed by atoms with van der Waals surface area (Å²) in [6.07, 6.45) is 8.12. The van der Waals surface area contributed by atoms with E-state index in [1.165, 1.54) is 24.8 Å².